The minimum absolute atomic E-state index is 0.0120. The van der Waals surface area contributed by atoms with Gasteiger partial charge in [0.1, 0.15) is 0 Å². The highest BCUT2D eigenvalue weighted by molar-refractivity contribution is 7.89. The molecular formula is C20H27N3O3S2. The molecule has 152 valence electrons. The second-order valence-corrected chi connectivity index (χ2v) is 10.1. The number of amides is 1. The van der Waals surface area contributed by atoms with E-state index in [1.54, 1.807) is 23.5 Å². The molecule has 1 aliphatic heterocycles. The number of aryl methyl sites for hydroxylation is 2. The lowest BCUT2D eigenvalue weighted by molar-refractivity contribution is -0.122. The number of benzene rings is 1. The predicted octanol–water partition coefficient (Wildman–Crippen LogP) is 2.03. The molecule has 0 spiro atoms. The van der Waals surface area contributed by atoms with Gasteiger partial charge < -0.3 is 5.32 Å². The van der Waals surface area contributed by atoms with Gasteiger partial charge in [-0.05, 0) is 55.0 Å². The fourth-order valence-electron chi connectivity index (χ4n) is 3.19. The van der Waals surface area contributed by atoms with Crippen LogP contribution in [0.15, 0.2) is 40.6 Å². The number of carbonyl (C=O) groups is 1. The molecule has 1 fully saturated rings. The van der Waals surface area contributed by atoms with Crippen LogP contribution >= 0.6 is 11.3 Å². The van der Waals surface area contributed by atoms with Gasteiger partial charge in [-0.1, -0.05) is 12.1 Å². The second-order valence-electron chi connectivity index (χ2n) is 7.11. The minimum Gasteiger partial charge on any atom is -0.355 e. The first kappa shape index (κ1) is 21.0. The highest BCUT2D eigenvalue weighted by Gasteiger charge is 2.29. The Kier molecular flexibility index (Phi) is 6.87. The molecule has 8 heteroatoms. The Morgan fingerprint density at radius 3 is 2.50 bits per heavy atom. The van der Waals surface area contributed by atoms with Crippen LogP contribution in [0.3, 0.4) is 0 Å². The SMILES string of the molecule is Cc1ccc(S(=O)(=O)N2CCN(CC(=O)NCCc3cccs3)CC2)cc1C. The molecule has 1 N–H and O–H groups in total. The number of hydrogen-bond donors (Lipinski definition) is 1. The number of nitrogens with one attached hydrogen (secondary N) is 1. The summed E-state index contributed by atoms with van der Waals surface area (Å²) in [7, 11) is -3.49. The van der Waals surface area contributed by atoms with Gasteiger partial charge in [0, 0.05) is 37.6 Å². The Balaban J connectivity index is 1.47. The molecule has 1 aromatic heterocycles. The predicted molar refractivity (Wildman–Crippen MR) is 112 cm³/mol. The zero-order valence-electron chi connectivity index (χ0n) is 16.3. The van der Waals surface area contributed by atoms with E-state index < -0.39 is 10.0 Å². The van der Waals surface area contributed by atoms with Crippen molar-refractivity contribution < 1.29 is 13.2 Å². The van der Waals surface area contributed by atoms with Crippen molar-refractivity contribution in [2.45, 2.75) is 25.2 Å². The van der Waals surface area contributed by atoms with Crippen molar-refractivity contribution in [3.8, 4) is 0 Å². The van der Waals surface area contributed by atoms with Crippen LogP contribution in [0.1, 0.15) is 16.0 Å². The third-order valence-electron chi connectivity index (χ3n) is 5.09. The first-order chi connectivity index (χ1) is 13.4. The summed E-state index contributed by atoms with van der Waals surface area (Å²) in [5.41, 5.74) is 2.05. The summed E-state index contributed by atoms with van der Waals surface area (Å²) >= 11 is 1.69. The monoisotopic (exact) mass is 421 g/mol. The fourth-order valence-corrected chi connectivity index (χ4v) is 5.41. The maximum atomic E-state index is 12.9. The smallest absolute Gasteiger partial charge is 0.243 e. The molecule has 2 aromatic rings. The van der Waals surface area contributed by atoms with Crippen LogP contribution in [0.2, 0.25) is 0 Å². The highest BCUT2D eigenvalue weighted by Crippen LogP contribution is 2.20. The van der Waals surface area contributed by atoms with Crippen LogP contribution in [0.4, 0.5) is 0 Å². The summed E-state index contributed by atoms with van der Waals surface area (Å²) in [6.45, 7) is 6.74. The lowest BCUT2D eigenvalue weighted by Crippen LogP contribution is -2.51. The molecule has 0 bridgehead atoms. The molecule has 2 heterocycles. The van der Waals surface area contributed by atoms with E-state index in [-0.39, 0.29) is 5.91 Å². The summed E-state index contributed by atoms with van der Waals surface area (Å²) < 4.78 is 27.2. The molecule has 1 aromatic carbocycles. The Morgan fingerprint density at radius 1 is 1.11 bits per heavy atom. The van der Waals surface area contributed by atoms with Gasteiger partial charge in [0.2, 0.25) is 15.9 Å². The van der Waals surface area contributed by atoms with Gasteiger partial charge in [-0.2, -0.15) is 4.31 Å². The highest BCUT2D eigenvalue weighted by atomic mass is 32.2. The van der Waals surface area contributed by atoms with Crippen LogP contribution in [0, 0.1) is 13.8 Å². The first-order valence-electron chi connectivity index (χ1n) is 9.45. The number of sulfonamides is 1. The Labute approximate surface area is 171 Å². The molecule has 1 saturated heterocycles. The normalized spacial score (nSPS) is 16.2. The van der Waals surface area contributed by atoms with E-state index in [4.69, 9.17) is 0 Å². The molecule has 1 amide bonds. The average molecular weight is 422 g/mol. The lowest BCUT2D eigenvalue weighted by Gasteiger charge is -2.33. The Hall–Kier alpha value is -1.74. The number of thiophene rings is 1. The summed E-state index contributed by atoms with van der Waals surface area (Å²) in [6.07, 6.45) is 0.839. The molecule has 6 nitrogen and oxygen atoms in total. The molecule has 0 radical (unpaired) electrons. The molecule has 0 unspecified atom stereocenters. The summed E-state index contributed by atoms with van der Waals surface area (Å²) in [4.78, 5) is 15.7. The average Bonchev–Trinajstić information content (AvgIpc) is 3.18. The quantitative estimate of drug-likeness (QED) is 0.743. The van der Waals surface area contributed by atoms with Gasteiger partial charge in [0.15, 0.2) is 0 Å². The van der Waals surface area contributed by atoms with Gasteiger partial charge in [-0.15, -0.1) is 11.3 Å². The van der Waals surface area contributed by atoms with Crippen LogP contribution in [0.5, 0.6) is 0 Å². The van der Waals surface area contributed by atoms with Gasteiger partial charge in [-0.25, -0.2) is 8.42 Å². The van der Waals surface area contributed by atoms with Gasteiger partial charge >= 0.3 is 0 Å². The standard InChI is InChI=1S/C20H27N3O3S2/c1-16-5-6-19(14-17(16)2)28(25,26)23-11-9-22(10-12-23)15-20(24)21-8-7-18-4-3-13-27-18/h3-6,13-14H,7-12,15H2,1-2H3,(H,21,24). The molecule has 0 saturated carbocycles. The van der Waals surface area contributed by atoms with Crippen molar-refractivity contribution in [2.75, 3.05) is 39.3 Å². The Bertz CT molecular complexity index is 903. The van der Waals surface area contributed by atoms with Crippen LogP contribution in [-0.4, -0.2) is 62.8 Å². The van der Waals surface area contributed by atoms with Crippen molar-refractivity contribution in [3.63, 3.8) is 0 Å². The summed E-state index contributed by atoms with van der Waals surface area (Å²) in [6, 6.07) is 9.32. The lowest BCUT2D eigenvalue weighted by atomic mass is 10.1. The van der Waals surface area contributed by atoms with E-state index in [1.165, 1.54) is 9.18 Å². The second kappa shape index (κ2) is 9.17. The molecule has 0 atom stereocenters. The first-order valence-corrected chi connectivity index (χ1v) is 11.8. The Morgan fingerprint density at radius 2 is 1.86 bits per heavy atom. The van der Waals surface area contributed by atoms with Crippen molar-refractivity contribution in [1.82, 2.24) is 14.5 Å². The third kappa shape index (κ3) is 5.20. The topological polar surface area (TPSA) is 69.7 Å². The van der Waals surface area contributed by atoms with E-state index in [1.807, 2.05) is 36.3 Å². The third-order valence-corrected chi connectivity index (χ3v) is 7.92. The van der Waals surface area contributed by atoms with E-state index >= 15 is 0 Å². The van der Waals surface area contributed by atoms with Crippen LogP contribution in [-0.2, 0) is 21.2 Å². The number of nitrogens with zero attached hydrogens (tertiary/aromatic N) is 2. The number of hydrogen-bond acceptors (Lipinski definition) is 5. The molecule has 0 aliphatic carbocycles. The van der Waals surface area contributed by atoms with Gasteiger partial charge in [-0.3, -0.25) is 9.69 Å². The van der Waals surface area contributed by atoms with Crippen molar-refractivity contribution >= 4 is 27.3 Å². The van der Waals surface area contributed by atoms with Crippen LogP contribution < -0.4 is 5.32 Å². The van der Waals surface area contributed by atoms with E-state index in [2.05, 4.69) is 11.4 Å². The van der Waals surface area contributed by atoms with Crippen LogP contribution in [0.25, 0.3) is 0 Å². The summed E-state index contributed by atoms with van der Waals surface area (Å²) in [5.74, 6) is -0.0120. The maximum absolute atomic E-state index is 12.9. The van der Waals surface area contributed by atoms with Gasteiger partial charge in [0.25, 0.3) is 0 Å². The number of rotatable bonds is 7. The molecule has 3 rings (SSSR count). The van der Waals surface area contributed by atoms with E-state index in [9.17, 15) is 13.2 Å². The number of piperazine rings is 1. The van der Waals surface area contributed by atoms with Gasteiger partial charge in [0.05, 0.1) is 11.4 Å². The maximum Gasteiger partial charge on any atom is 0.243 e. The van der Waals surface area contributed by atoms with Crippen molar-refractivity contribution in [2.24, 2.45) is 0 Å². The zero-order valence-corrected chi connectivity index (χ0v) is 18.0. The largest absolute Gasteiger partial charge is 0.355 e. The molecule has 28 heavy (non-hydrogen) atoms. The van der Waals surface area contributed by atoms with E-state index in [0.29, 0.717) is 44.2 Å². The fraction of sp³-hybridized carbons (Fsp3) is 0.450. The zero-order chi connectivity index (χ0) is 20.1. The summed E-state index contributed by atoms with van der Waals surface area (Å²) in [5, 5.41) is 4.97. The van der Waals surface area contributed by atoms with Crippen molar-refractivity contribution in [1.29, 1.82) is 0 Å². The minimum atomic E-state index is -3.49. The number of carbonyl (C=O) groups excluding carboxylic acids is 1. The van der Waals surface area contributed by atoms with Crippen molar-refractivity contribution in [3.05, 3.63) is 51.7 Å². The molecule has 1 aliphatic rings. The molecular weight excluding hydrogens is 394 g/mol. The van der Waals surface area contributed by atoms with E-state index in [0.717, 1.165) is 17.5 Å².